The Bertz CT molecular complexity index is 359. The third kappa shape index (κ3) is 8.70. The van der Waals surface area contributed by atoms with Crippen molar-refractivity contribution < 1.29 is 9.53 Å². The van der Waals surface area contributed by atoms with Crippen molar-refractivity contribution in [3.05, 3.63) is 12.2 Å². The number of guanidine groups is 1. The minimum Gasteiger partial charge on any atom is -0.466 e. The van der Waals surface area contributed by atoms with Crippen LogP contribution in [0.5, 0.6) is 0 Å². The smallest absolute Gasteiger partial charge is 0.305 e. The molecule has 0 aromatic heterocycles. The SMILES string of the molecule is CCNC(=NCCCCCCC(=O)OCC)NC1CC=CC1. The number of nitrogens with one attached hydrogen (secondary N) is 2. The van der Waals surface area contributed by atoms with E-state index in [0.717, 1.165) is 57.6 Å². The standard InChI is InChI=1S/C17H31N3O2/c1-3-18-17(20-15-11-8-9-12-15)19-14-10-6-5-7-13-16(21)22-4-2/h8-9,15H,3-7,10-14H2,1-2H3,(H2,18,19,20). The van der Waals surface area contributed by atoms with Gasteiger partial charge in [-0.15, -0.1) is 0 Å². The second-order valence-corrected chi connectivity index (χ2v) is 5.51. The monoisotopic (exact) mass is 309 g/mol. The van der Waals surface area contributed by atoms with Crippen LogP contribution in [-0.2, 0) is 9.53 Å². The highest BCUT2D eigenvalue weighted by Crippen LogP contribution is 2.09. The molecule has 126 valence electrons. The third-order valence-electron chi connectivity index (χ3n) is 3.56. The van der Waals surface area contributed by atoms with Gasteiger partial charge in [-0.1, -0.05) is 25.0 Å². The molecule has 1 rings (SSSR count). The lowest BCUT2D eigenvalue weighted by Crippen LogP contribution is -2.42. The number of hydrogen-bond donors (Lipinski definition) is 2. The van der Waals surface area contributed by atoms with Gasteiger partial charge < -0.3 is 15.4 Å². The molecular weight excluding hydrogens is 278 g/mol. The van der Waals surface area contributed by atoms with Crippen LogP contribution in [0.25, 0.3) is 0 Å². The van der Waals surface area contributed by atoms with Crippen LogP contribution in [0.1, 0.15) is 58.8 Å². The first-order chi connectivity index (χ1) is 10.8. The van der Waals surface area contributed by atoms with Crippen LogP contribution in [0.3, 0.4) is 0 Å². The number of carbonyl (C=O) groups excluding carboxylic acids is 1. The van der Waals surface area contributed by atoms with E-state index in [2.05, 4.69) is 34.7 Å². The van der Waals surface area contributed by atoms with Crippen molar-refractivity contribution in [2.45, 2.75) is 64.8 Å². The lowest BCUT2D eigenvalue weighted by Gasteiger charge is -2.16. The molecule has 0 aromatic rings. The first-order valence-corrected chi connectivity index (χ1v) is 8.61. The second-order valence-electron chi connectivity index (χ2n) is 5.51. The molecule has 0 atom stereocenters. The van der Waals surface area contributed by atoms with Gasteiger partial charge in [-0.05, 0) is 39.5 Å². The lowest BCUT2D eigenvalue weighted by atomic mass is 10.1. The predicted octanol–water partition coefficient (Wildman–Crippen LogP) is 2.77. The summed E-state index contributed by atoms with van der Waals surface area (Å²) in [6.45, 7) is 6.11. The van der Waals surface area contributed by atoms with Crippen LogP contribution in [0, 0.1) is 0 Å². The Kier molecular flexibility index (Phi) is 10.2. The maximum absolute atomic E-state index is 11.2. The number of hydrogen-bond acceptors (Lipinski definition) is 3. The molecule has 2 N–H and O–H groups in total. The van der Waals surface area contributed by atoms with E-state index >= 15 is 0 Å². The summed E-state index contributed by atoms with van der Waals surface area (Å²) >= 11 is 0. The second kappa shape index (κ2) is 12.1. The Balaban J connectivity index is 2.09. The minimum atomic E-state index is -0.0793. The largest absolute Gasteiger partial charge is 0.466 e. The van der Waals surface area contributed by atoms with E-state index in [0.29, 0.717) is 19.1 Å². The molecule has 0 amide bonds. The number of ether oxygens (including phenoxy) is 1. The van der Waals surface area contributed by atoms with Crippen LogP contribution in [0.15, 0.2) is 17.1 Å². The molecule has 0 aromatic carbocycles. The summed E-state index contributed by atoms with van der Waals surface area (Å²) in [5, 5.41) is 6.75. The molecule has 0 fully saturated rings. The predicted molar refractivity (Wildman–Crippen MR) is 91.0 cm³/mol. The third-order valence-corrected chi connectivity index (χ3v) is 3.56. The van der Waals surface area contributed by atoms with Gasteiger partial charge >= 0.3 is 5.97 Å². The summed E-state index contributed by atoms with van der Waals surface area (Å²) in [4.78, 5) is 15.8. The maximum atomic E-state index is 11.2. The number of rotatable bonds is 10. The number of carbonyl (C=O) groups is 1. The van der Waals surface area contributed by atoms with Gasteiger partial charge in [0.15, 0.2) is 5.96 Å². The average molecular weight is 309 g/mol. The Hall–Kier alpha value is -1.52. The van der Waals surface area contributed by atoms with Crippen molar-refractivity contribution in [3.63, 3.8) is 0 Å². The number of nitrogens with zero attached hydrogens (tertiary/aromatic N) is 1. The summed E-state index contributed by atoms with van der Waals surface area (Å²) in [5.41, 5.74) is 0. The van der Waals surface area contributed by atoms with Crippen LogP contribution < -0.4 is 10.6 Å². The Labute approximate surface area is 134 Å². The van der Waals surface area contributed by atoms with Gasteiger partial charge in [0.05, 0.1) is 6.61 Å². The fraction of sp³-hybridized carbons (Fsp3) is 0.765. The zero-order valence-corrected chi connectivity index (χ0v) is 14.1. The molecule has 0 saturated carbocycles. The van der Waals surface area contributed by atoms with Crippen molar-refractivity contribution in [2.75, 3.05) is 19.7 Å². The van der Waals surface area contributed by atoms with Gasteiger partial charge in [0, 0.05) is 25.6 Å². The van der Waals surface area contributed by atoms with Gasteiger partial charge in [0.2, 0.25) is 0 Å². The van der Waals surface area contributed by atoms with Crippen molar-refractivity contribution in [1.82, 2.24) is 10.6 Å². The number of aliphatic imine (C=N–C) groups is 1. The minimum absolute atomic E-state index is 0.0793. The van der Waals surface area contributed by atoms with Crippen molar-refractivity contribution in [1.29, 1.82) is 0 Å². The van der Waals surface area contributed by atoms with E-state index < -0.39 is 0 Å². The quantitative estimate of drug-likeness (QED) is 0.214. The molecule has 0 unspecified atom stereocenters. The molecule has 0 spiro atoms. The maximum Gasteiger partial charge on any atom is 0.305 e. The van der Waals surface area contributed by atoms with Crippen LogP contribution in [0.4, 0.5) is 0 Å². The van der Waals surface area contributed by atoms with Crippen molar-refractivity contribution >= 4 is 11.9 Å². The molecule has 0 heterocycles. The zero-order valence-electron chi connectivity index (χ0n) is 14.1. The van der Waals surface area contributed by atoms with E-state index in [4.69, 9.17) is 4.74 Å². The molecule has 5 nitrogen and oxygen atoms in total. The van der Waals surface area contributed by atoms with Gasteiger partial charge in [-0.3, -0.25) is 9.79 Å². The van der Waals surface area contributed by atoms with Crippen LogP contribution in [-0.4, -0.2) is 37.7 Å². The van der Waals surface area contributed by atoms with Crippen molar-refractivity contribution in [2.24, 2.45) is 4.99 Å². The lowest BCUT2D eigenvalue weighted by molar-refractivity contribution is -0.143. The summed E-state index contributed by atoms with van der Waals surface area (Å²) < 4.78 is 4.91. The molecule has 0 bridgehead atoms. The van der Waals surface area contributed by atoms with E-state index in [-0.39, 0.29) is 5.97 Å². The molecule has 0 radical (unpaired) electrons. The van der Waals surface area contributed by atoms with Crippen LogP contribution >= 0.6 is 0 Å². The van der Waals surface area contributed by atoms with Gasteiger partial charge in [0.25, 0.3) is 0 Å². The topological polar surface area (TPSA) is 62.7 Å². The highest BCUT2D eigenvalue weighted by molar-refractivity contribution is 5.80. The summed E-state index contributed by atoms with van der Waals surface area (Å²) in [6, 6.07) is 0.488. The van der Waals surface area contributed by atoms with E-state index in [9.17, 15) is 4.79 Å². The number of esters is 1. The first-order valence-electron chi connectivity index (χ1n) is 8.61. The van der Waals surface area contributed by atoms with Gasteiger partial charge in [0.1, 0.15) is 0 Å². The molecule has 22 heavy (non-hydrogen) atoms. The molecule has 0 saturated heterocycles. The van der Waals surface area contributed by atoms with Crippen LogP contribution in [0.2, 0.25) is 0 Å². The fourth-order valence-electron chi connectivity index (χ4n) is 2.41. The summed E-state index contributed by atoms with van der Waals surface area (Å²) in [5.74, 6) is 0.840. The van der Waals surface area contributed by atoms with Crippen molar-refractivity contribution in [3.8, 4) is 0 Å². The Morgan fingerprint density at radius 1 is 1.18 bits per heavy atom. The first kappa shape index (κ1) is 18.5. The summed E-state index contributed by atoms with van der Waals surface area (Å²) in [6.07, 6.45) is 11.3. The Morgan fingerprint density at radius 3 is 2.59 bits per heavy atom. The molecule has 1 aliphatic carbocycles. The highest BCUT2D eigenvalue weighted by Gasteiger charge is 2.11. The fourth-order valence-corrected chi connectivity index (χ4v) is 2.41. The normalized spacial score (nSPS) is 15.1. The number of unbranched alkanes of at least 4 members (excludes halogenated alkanes) is 3. The van der Waals surface area contributed by atoms with Gasteiger partial charge in [-0.25, -0.2) is 0 Å². The zero-order chi connectivity index (χ0) is 16.0. The Morgan fingerprint density at radius 2 is 1.91 bits per heavy atom. The van der Waals surface area contributed by atoms with E-state index in [1.807, 2.05) is 6.92 Å². The van der Waals surface area contributed by atoms with E-state index in [1.54, 1.807) is 0 Å². The average Bonchev–Trinajstić information content (AvgIpc) is 2.99. The highest BCUT2D eigenvalue weighted by atomic mass is 16.5. The summed E-state index contributed by atoms with van der Waals surface area (Å²) in [7, 11) is 0. The molecule has 0 aliphatic heterocycles. The molecule has 1 aliphatic rings. The van der Waals surface area contributed by atoms with Gasteiger partial charge in [-0.2, -0.15) is 0 Å². The molecule has 5 heteroatoms. The molecular formula is C17H31N3O2. The van der Waals surface area contributed by atoms with E-state index in [1.165, 1.54) is 0 Å².